The van der Waals surface area contributed by atoms with Gasteiger partial charge >= 0.3 is 0 Å². The van der Waals surface area contributed by atoms with Gasteiger partial charge in [-0.3, -0.25) is 4.90 Å². The Morgan fingerprint density at radius 2 is 2.00 bits per heavy atom. The van der Waals surface area contributed by atoms with Crippen molar-refractivity contribution in [1.29, 1.82) is 0 Å². The monoisotopic (exact) mass is 185 g/mol. The van der Waals surface area contributed by atoms with E-state index in [0.29, 0.717) is 0 Å². The molecule has 1 aliphatic rings. The van der Waals surface area contributed by atoms with Crippen LogP contribution >= 0.6 is 0 Å². The van der Waals surface area contributed by atoms with Gasteiger partial charge < -0.3 is 5.11 Å². The van der Waals surface area contributed by atoms with Crippen molar-refractivity contribution < 1.29 is 5.11 Å². The second-order valence-corrected chi connectivity index (χ2v) is 4.64. The zero-order valence-electron chi connectivity index (χ0n) is 9.21. The second-order valence-electron chi connectivity index (χ2n) is 4.64. The molecule has 1 rings (SSSR count). The zero-order chi connectivity index (χ0) is 9.90. The second kappa shape index (κ2) is 4.43. The summed E-state index contributed by atoms with van der Waals surface area (Å²) in [6.07, 6.45) is 3.47. The van der Waals surface area contributed by atoms with Crippen LogP contribution in [-0.2, 0) is 0 Å². The van der Waals surface area contributed by atoms with Crippen LogP contribution in [-0.4, -0.2) is 35.2 Å². The fraction of sp³-hybridized carbons (Fsp3) is 1.00. The molecule has 0 aromatic carbocycles. The number of aliphatic hydroxyl groups is 1. The molecule has 1 heterocycles. The van der Waals surface area contributed by atoms with Gasteiger partial charge in [0.15, 0.2) is 0 Å². The third-order valence-electron chi connectivity index (χ3n) is 3.05. The summed E-state index contributed by atoms with van der Waals surface area (Å²) in [5, 5.41) is 9.79. The van der Waals surface area contributed by atoms with E-state index in [-0.39, 0.29) is 5.60 Å². The minimum atomic E-state index is -0.355. The standard InChI is InChI=1S/C11H23NO/c1-4-6-10(3)7-12-8-11(13,5-2)9-12/h10,13H,4-9H2,1-3H3. The van der Waals surface area contributed by atoms with Crippen molar-refractivity contribution in [2.45, 2.75) is 45.6 Å². The molecule has 1 saturated heterocycles. The van der Waals surface area contributed by atoms with Crippen LogP contribution in [0.1, 0.15) is 40.0 Å². The zero-order valence-corrected chi connectivity index (χ0v) is 9.21. The summed E-state index contributed by atoms with van der Waals surface area (Å²) in [6, 6.07) is 0. The van der Waals surface area contributed by atoms with Crippen molar-refractivity contribution >= 4 is 0 Å². The molecule has 0 aromatic heterocycles. The summed E-state index contributed by atoms with van der Waals surface area (Å²) in [4.78, 5) is 2.36. The minimum Gasteiger partial charge on any atom is -0.387 e. The third kappa shape index (κ3) is 2.96. The first kappa shape index (κ1) is 11.0. The van der Waals surface area contributed by atoms with Crippen LogP contribution in [0.5, 0.6) is 0 Å². The predicted octanol–water partition coefficient (Wildman–Crippen LogP) is 1.88. The van der Waals surface area contributed by atoms with E-state index in [1.165, 1.54) is 12.8 Å². The summed E-state index contributed by atoms with van der Waals surface area (Å²) >= 11 is 0. The molecule has 78 valence electrons. The Morgan fingerprint density at radius 3 is 2.46 bits per heavy atom. The lowest BCUT2D eigenvalue weighted by Gasteiger charge is -2.47. The molecule has 1 fully saturated rings. The number of likely N-dealkylation sites (tertiary alicyclic amines) is 1. The predicted molar refractivity (Wildman–Crippen MR) is 55.8 cm³/mol. The number of rotatable bonds is 5. The van der Waals surface area contributed by atoms with Gasteiger partial charge in [0.05, 0.1) is 5.60 Å². The summed E-state index contributed by atoms with van der Waals surface area (Å²) in [7, 11) is 0. The lowest BCUT2D eigenvalue weighted by Crippen LogP contribution is -2.62. The van der Waals surface area contributed by atoms with E-state index in [1.807, 2.05) is 0 Å². The molecule has 0 bridgehead atoms. The first-order valence-corrected chi connectivity index (χ1v) is 5.54. The van der Waals surface area contributed by atoms with Gasteiger partial charge in [-0.05, 0) is 18.8 Å². The Bertz CT molecular complexity index is 152. The van der Waals surface area contributed by atoms with E-state index < -0.39 is 0 Å². The fourth-order valence-corrected chi connectivity index (χ4v) is 2.16. The highest BCUT2D eigenvalue weighted by molar-refractivity contribution is 4.94. The van der Waals surface area contributed by atoms with Gasteiger partial charge in [0.2, 0.25) is 0 Å². The van der Waals surface area contributed by atoms with Gasteiger partial charge in [-0.15, -0.1) is 0 Å². The summed E-state index contributed by atoms with van der Waals surface area (Å²) in [6.45, 7) is 9.53. The molecule has 0 aliphatic carbocycles. The molecule has 13 heavy (non-hydrogen) atoms. The van der Waals surface area contributed by atoms with Crippen molar-refractivity contribution in [3.05, 3.63) is 0 Å². The molecular weight excluding hydrogens is 162 g/mol. The minimum absolute atomic E-state index is 0.355. The van der Waals surface area contributed by atoms with E-state index >= 15 is 0 Å². The molecule has 0 saturated carbocycles. The molecular formula is C11H23NO. The Morgan fingerprint density at radius 1 is 1.38 bits per heavy atom. The molecule has 1 N–H and O–H groups in total. The highest BCUT2D eigenvalue weighted by atomic mass is 16.3. The smallest absolute Gasteiger partial charge is 0.0897 e. The number of β-amino-alcohol motifs (C(OH)–C–C–N with tert-alkyl or cyclic N) is 1. The molecule has 0 spiro atoms. The van der Waals surface area contributed by atoms with Crippen molar-refractivity contribution in [3.63, 3.8) is 0 Å². The lowest BCUT2D eigenvalue weighted by molar-refractivity contribution is -0.104. The average molecular weight is 185 g/mol. The van der Waals surface area contributed by atoms with E-state index in [4.69, 9.17) is 0 Å². The first-order chi connectivity index (χ1) is 6.09. The van der Waals surface area contributed by atoms with Crippen molar-refractivity contribution in [2.75, 3.05) is 19.6 Å². The van der Waals surface area contributed by atoms with Crippen LogP contribution in [0, 0.1) is 5.92 Å². The maximum Gasteiger partial charge on any atom is 0.0897 e. The average Bonchev–Trinajstić information content (AvgIpc) is 2.02. The first-order valence-electron chi connectivity index (χ1n) is 5.54. The van der Waals surface area contributed by atoms with Gasteiger partial charge in [0.25, 0.3) is 0 Å². The normalized spacial score (nSPS) is 24.0. The van der Waals surface area contributed by atoms with Crippen LogP contribution < -0.4 is 0 Å². The van der Waals surface area contributed by atoms with Gasteiger partial charge in [-0.2, -0.15) is 0 Å². The van der Waals surface area contributed by atoms with Crippen LogP contribution in [0.4, 0.5) is 0 Å². The Hall–Kier alpha value is -0.0800. The molecule has 1 aliphatic heterocycles. The SMILES string of the molecule is CCCC(C)CN1CC(O)(CC)C1. The molecule has 2 heteroatoms. The maximum absolute atomic E-state index is 9.79. The number of nitrogens with zero attached hydrogens (tertiary/aromatic N) is 1. The summed E-state index contributed by atoms with van der Waals surface area (Å²) in [5.41, 5.74) is -0.355. The van der Waals surface area contributed by atoms with Crippen LogP contribution in [0.3, 0.4) is 0 Å². The quantitative estimate of drug-likeness (QED) is 0.707. The molecule has 0 radical (unpaired) electrons. The topological polar surface area (TPSA) is 23.5 Å². The van der Waals surface area contributed by atoms with Gasteiger partial charge in [-0.1, -0.05) is 27.2 Å². The number of hydrogen-bond donors (Lipinski definition) is 1. The highest BCUT2D eigenvalue weighted by Crippen LogP contribution is 2.25. The van der Waals surface area contributed by atoms with E-state index in [0.717, 1.165) is 32.0 Å². The van der Waals surface area contributed by atoms with Gasteiger partial charge in [0.1, 0.15) is 0 Å². The molecule has 1 unspecified atom stereocenters. The molecule has 0 aromatic rings. The van der Waals surface area contributed by atoms with Crippen molar-refractivity contribution in [2.24, 2.45) is 5.92 Å². The number of hydrogen-bond acceptors (Lipinski definition) is 2. The molecule has 2 nitrogen and oxygen atoms in total. The Labute approximate surface area is 81.9 Å². The van der Waals surface area contributed by atoms with Crippen molar-refractivity contribution in [3.8, 4) is 0 Å². The maximum atomic E-state index is 9.79. The van der Waals surface area contributed by atoms with Crippen molar-refractivity contribution in [1.82, 2.24) is 4.90 Å². The van der Waals surface area contributed by atoms with Crippen LogP contribution in [0.25, 0.3) is 0 Å². The van der Waals surface area contributed by atoms with E-state index in [2.05, 4.69) is 25.7 Å². The third-order valence-corrected chi connectivity index (χ3v) is 3.05. The fourth-order valence-electron chi connectivity index (χ4n) is 2.16. The molecule has 1 atom stereocenters. The Kier molecular flexibility index (Phi) is 3.74. The largest absolute Gasteiger partial charge is 0.387 e. The van der Waals surface area contributed by atoms with Gasteiger partial charge in [0, 0.05) is 19.6 Å². The summed E-state index contributed by atoms with van der Waals surface area (Å²) < 4.78 is 0. The van der Waals surface area contributed by atoms with Crippen LogP contribution in [0.2, 0.25) is 0 Å². The highest BCUT2D eigenvalue weighted by Gasteiger charge is 2.39. The Balaban J connectivity index is 2.14. The lowest BCUT2D eigenvalue weighted by atomic mass is 9.90. The summed E-state index contributed by atoms with van der Waals surface area (Å²) in [5.74, 6) is 0.784. The van der Waals surface area contributed by atoms with Crippen LogP contribution in [0.15, 0.2) is 0 Å². The van der Waals surface area contributed by atoms with E-state index in [9.17, 15) is 5.11 Å². The molecule has 0 amide bonds. The van der Waals surface area contributed by atoms with E-state index in [1.54, 1.807) is 0 Å². The van der Waals surface area contributed by atoms with Gasteiger partial charge in [-0.25, -0.2) is 0 Å².